The second kappa shape index (κ2) is 9.54. The highest BCUT2D eigenvalue weighted by molar-refractivity contribution is 5.96. The van der Waals surface area contributed by atoms with Crippen molar-refractivity contribution in [2.24, 2.45) is 0 Å². The van der Waals surface area contributed by atoms with E-state index in [1.54, 1.807) is 0 Å². The van der Waals surface area contributed by atoms with Crippen molar-refractivity contribution in [2.45, 2.75) is 54.4 Å². The molecule has 4 nitrogen and oxygen atoms in total. The largest absolute Gasteiger partial charge is 0.352 e. The van der Waals surface area contributed by atoms with E-state index >= 15 is 0 Å². The van der Waals surface area contributed by atoms with Crippen LogP contribution in [0.1, 0.15) is 66.9 Å². The van der Waals surface area contributed by atoms with Crippen LogP contribution in [-0.2, 0) is 0 Å². The number of carbonyl (C=O) groups is 2. The zero-order valence-electron chi connectivity index (χ0n) is 18.0. The molecule has 4 heteroatoms. The molecular formula is C24H32N2O2. The van der Waals surface area contributed by atoms with Crippen LogP contribution in [0.2, 0.25) is 0 Å². The topological polar surface area (TPSA) is 58.2 Å². The van der Waals surface area contributed by atoms with E-state index in [1.807, 2.05) is 53.7 Å². The molecule has 0 aliphatic carbocycles. The molecule has 0 bridgehead atoms. The molecule has 0 radical (unpaired) electrons. The minimum Gasteiger partial charge on any atom is -0.352 e. The first kappa shape index (κ1) is 21.7. The average Bonchev–Trinajstić information content (AvgIpc) is 2.63. The van der Waals surface area contributed by atoms with Gasteiger partial charge in [0, 0.05) is 24.2 Å². The lowest BCUT2D eigenvalue weighted by Gasteiger charge is -2.12. The first-order chi connectivity index (χ1) is 13.2. The Balaban J connectivity index is 1.77. The molecular weight excluding hydrogens is 348 g/mol. The van der Waals surface area contributed by atoms with Gasteiger partial charge in [0.2, 0.25) is 0 Å². The average molecular weight is 381 g/mol. The summed E-state index contributed by atoms with van der Waals surface area (Å²) in [5.41, 5.74) is 8.00. The van der Waals surface area contributed by atoms with Gasteiger partial charge in [-0.1, -0.05) is 23.3 Å². The molecule has 0 saturated heterocycles. The van der Waals surface area contributed by atoms with Gasteiger partial charge >= 0.3 is 0 Å². The Morgan fingerprint density at radius 2 is 1.00 bits per heavy atom. The quantitative estimate of drug-likeness (QED) is 0.696. The SMILES string of the molecule is Cc1cc(C)c(C)c(C(=O)NCCCCNC(=O)c2cc(C)cc(C)c2C)c1. The molecule has 0 atom stereocenters. The Bertz CT molecular complexity index is 811. The lowest BCUT2D eigenvalue weighted by atomic mass is 9.99. The molecule has 0 aliphatic rings. The maximum Gasteiger partial charge on any atom is 0.251 e. The van der Waals surface area contributed by atoms with Crippen molar-refractivity contribution >= 4 is 11.8 Å². The molecule has 0 spiro atoms. The zero-order valence-corrected chi connectivity index (χ0v) is 18.0. The Morgan fingerprint density at radius 1 is 0.643 bits per heavy atom. The highest BCUT2D eigenvalue weighted by Gasteiger charge is 2.12. The summed E-state index contributed by atoms with van der Waals surface area (Å²) in [5.74, 6) is -0.0570. The normalized spacial score (nSPS) is 10.6. The number of unbranched alkanes of at least 4 members (excludes halogenated alkanes) is 1. The third kappa shape index (κ3) is 5.44. The molecule has 0 saturated carbocycles. The van der Waals surface area contributed by atoms with Gasteiger partial charge in [-0.2, -0.15) is 0 Å². The van der Waals surface area contributed by atoms with Crippen molar-refractivity contribution in [2.75, 3.05) is 13.1 Å². The van der Waals surface area contributed by atoms with Crippen molar-refractivity contribution in [3.63, 3.8) is 0 Å². The summed E-state index contributed by atoms with van der Waals surface area (Å²) in [5, 5.41) is 5.97. The van der Waals surface area contributed by atoms with E-state index < -0.39 is 0 Å². The van der Waals surface area contributed by atoms with Gasteiger partial charge in [-0.25, -0.2) is 0 Å². The van der Waals surface area contributed by atoms with E-state index in [0.29, 0.717) is 13.1 Å². The van der Waals surface area contributed by atoms with E-state index in [9.17, 15) is 9.59 Å². The first-order valence-corrected chi connectivity index (χ1v) is 9.92. The number of nitrogens with one attached hydrogen (secondary N) is 2. The van der Waals surface area contributed by atoms with Crippen LogP contribution in [0, 0.1) is 41.5 Å². The monoisotopic (exact) mass is 380 g/mol. The summed E-state index contributed by atoms with van der Waals surface area (Å²) in [6.45, 7) is 13.2. The molecule has 2 aromatic carbocycles. The molecule has 2 amide bonds. The minimum atomic E-state index is -0.0285. The van der Waals surface area contributed by atoms with Crippen molar-refractivity contribution in [3.05, 3.63) is 68.8 Å². The molecule has 0 aliphatic heterocycles. The molecule has 2 rings (SSSR count). The second-order valence-corrected chi connectivity index (χ2v) is 7.73. The van der Waals surface area contributed by atoms with Gasteiger partial charge in [-0.15, -0.1) is 0 Å². The summed E-state index contributed by atoms with van der Waals surface area (Å²) >= 11 is 0. The Hall–Kier alpha value is -2.62. The molecule has 0 aromatic heterocycles. The summed E-state index contributed by atoms with van der Waals surface area (Å²) < 4.78 is 0. The van der Waals surface area contributed by atoms with Gasteiger partial charge < -0.3 is 10.6 Å². The highest BCUT2D eigenvalue weighted by atomic mass is 16.2. The molecule has 28 heavy (non-hydrogen) atoms. The number of benzene rings is 2. The van der Waals surface area contributed by atoms with Gasteiger partial charge in [-0.05, 0) is 88.8 Å². The van der Waals surface area contributed by atoms with Gasteiger partial charge in [0.05, 0.1) is 0 Å². The van der Waals surface area contributed by atoms with Gasteiger partial charge in [0.25, 0.3) is 11.8 Å². The lowest BCUT2D eigenvalue weighted by Crippen LogP contribution is -2.28. The molecule has 2 N–H and O–H groups in total. The van der Waals surface area contributed by atoms with Crippen molar-refractivity contribution in [3.8, 4) is 0 Å². The molecule has 150 valence electrons. The lowest BCUT2D eigenvalue weighted by molar-refractivity contribution is 0.0938. The minimum absolute atomic E-state index is 0.0285. The van der Waals surface area contributed by atoms with E-state index in [-0.39, 0.29) is 11.8 Å². The highest BCUT2D eigenvalue weighted by Crippen LogP contribution is 2.17. The number of hydrogen-bond donors (Lipinski definition) is 2. The molecule has 0 unspecified atom stereocenters. The van der Waals surface area contributed by atoms with E-state index in [4.69, 9.17) is 0 Å². The second-order valence-electron chi connectivity index (χ2n) is 7.73. The summed E-state index contributed by atoms with van der Waals surface area (Å²) in [7, 11) is 0. The third-order valence-corrected chi connectivity index (χ3v) is 5.29. The Kier molecular flexibility index (Phi) is 7.38. The predicted octanol–water partition coefficient (Wildman–Crippen LogP) is 4.48. The van der Waals surface area contributed by atoms with Crippen LogP contribution in [0.4, 0.5) is 0 Å². The number of hydrogen-bond acceptors (Lipinski definition) is 2. The number of rotatable bonds is 7. The first-order valence-electron chi connectivity index (χ1n) is 9.92. The standard InChI is InChI=1S/C24H32N2O2/c1-15-11-17(3)19(5)21(13-15)23(27)25-9-7-8-10-26-24(28)22-14-16(2)12-18(4)20(22)6/h11-14H,7-10H2,1-6H3,(H,25,27)(H,26,28). The van der Waals surface area contributed by atoms with Crippen LogP contribution < -0.4 is 10.6 Å². The van der Waals surface area contributed by atoms with Crippen molar-refractivity contribution < 1.29 is 9.59 Å². The van der Waals surface area contributed by atoms with Crippen LogP contribution in [-0.4, -0.2) is 24.9 Å². The third-order valence-electron chi connectivity index (χ3n) is 5.29. The van der Waals surface area contributed by atoms with Gasteiger partial charge in [0.1, 0.15) is 0 Å². The maximum atomic E-state index is 12.4. The fraction of sp³-hybridized carbons (Fsp3) is 0.417. The van der Waals surface area contributed by atoms with Crippen LogP contribution >= 0.6 is 0 Å². The number of carbonyl (C=O) groups excluding carboxylic acids is 2. The number of amides is 2. The summed E-state index contributed by atoms with van der Waals surface area (Å²) in [4.78, 5) is 24.8. The van der Waals surface area contributed by atoms with E-state index in [2.05, 4.69) is 22.8 Å². The van der Waals surface area contributed by atoms with Gasteiger partial charge in [-0.3, -0.25) is 9.59 Å². The van der Waals surface area contributed by atoms with Crippen LogP contribution in [0.25, 0.3) is 0 Å². The molecule has 0 heterocycles. The number of aryl methyl sites for hydroxylation is 4. The van der Waals surface area contributed by atoms with Crippen LogP contribution in [0.3, 0.4) is 0 Å². The summed E-state index contributed by atoms with van der Waals surface area (Å²) in [6, 6.07) is 8.05. The Labute approximate surface area is 168 Å². The van der Waals surface area contributed by atoms with Gasteiger partial charge in [0.15, 0.2) is 0 Å². The van der Waals surface area contributed by atoms with Crippen molar-refractivity contribution in [1.82, 2.24) is 10.6 Å². The molecule has 0 fully saturated rings. The molecule has 2 aromatic rings. The Morgan fingerprint density at radius 3 is 1.36 bits per heavy atom. The van der Waals surface area contributed by atoms with E-state index in [1.165, 1.54) is 0 Å². The maximum absolute atomic E-state index is 12.4. The van der Waals surface area contributed by atoms with E-state index in [0.717, 1.165) is 57.3 Å². The van der Waals surface area contributed by atoms with Crippen LogP contribution in [0.15, 0.2) is 24.3 Å². The van der Waals surface area contributed by atoms with Crippen molar-refractivity contribution in [1.29, 1.82) is 0 Å². The predicted molar refractivity (Wildman–Crippen MR) is 115 cm³/mol. The zero-order chi connectivity index (χ0) is 20.8. The van der Waals surface area contributed by atoms with Crippen LogP contribution in [0.5, 0.6) is 0 Å². The fourth-order valence-electron chi connectivity index (χ4n) is 3.40. The smallest absolute Gasteiger partial charge is 0.251 e. The fourth-order valence-corrected chi connectivity index (χ4v) is 3.40. The summed E-state index contributed by atoms with van der Waals surface area (Å²) in [6.07, 6.45) is 1.64.